The maximum Gasteiger partial charge on any atom is 0.166 e. The quantitative estimate of drug-likeness (QED) is 0.648. The van der Waals surface area contributed by atoms with Gasteiger partial charge < -0.3 is 0 Å². The third-order valence-corrected chi connectivity index (χ3v) is 2.24. The van der Waals surface area contributed by atoms with E-state index in [0.29, 0.717) is 11.1 Å². The highest BCUT2D eigenvalue weighted by Gasteiger charge is 2.14. The van der Waals surface area contributed by atoms with Crippen LogP contribution in [0.15, 0.2) is 18.7 Å². The van der Waals surface area contributed by atoms with Crippen LogP contribution in [0.2, 0.25) is 0 Å². The third kappa shape index (κ3) is 2.24. The Morgan fingerprint density at radius 1 is 1.40 bits per heavy atom. The van der Waals surface area contributed by atoms with Crippen molar-refractivity contribution in [1.82, 2.24) is 0 Å². The molecule has 0 fully saturated rings. The van der Waals surface area contributed by atoms with Crippen molar-refractivity contribution in [3.05, 3.63) is 41.5 Å². The van der Waals surface area contributed by atoms with Crippen molar-refractivity contribution in [1.29, 1.82) is 0 Å². The first-order chi connectivity index (χ1) is 6.97. The largest absolute Gasteiger partial charge is 0.204 e. The Kier molecular flexibility index (Phi) is 3.26. The van der Waals surface area contributed by atoms with E-state index in [1.807, 2.05) is 13.8 Å². The molecule has 0 N–H and O–H groups in total. The first-order valence-electron chi connectivity index (χ1n) is 4.62. The number of rotatable bonds is 2. The van der Waals surface area contributed by atoms with E-state index in [9.17, 15) is 8.78 Å². The summed E-state index contributed by atoms with van der Waals surface area (Å²) >= 11 is 0. The zero-order valence-corrected chi connectivity index (χ0v) is 8.77. The second-order valence-electron chi connectivity index (χ2n) is 3.64. The fourth-order valence-electron chi connectivity index (χ4n) is 1.22. The standard InChI is InChI=1S/C13H12F2/c1-5-10-6-11(9(4)8(2)3)13(15)12(14)7-10/h1,6-8H,4H2,2-3H3. The average Bonchev–Trinajstić information content (AvgIpc) is 2.20. The van der Waals surface area contributed by atoms with Crippen molar-refractivity contribution in [3.8, 4) is 12.3 Å². The van der Waals surface area contributed by atoms with Gasteiger partial charge in [0.15, 0.2) is 11.6 Å². The SMILES string of the molecule is C#Cc1cc(F)c(F)c(C(=C)C(C)C)c1. The molecule has 0 aliphatic heterocycles. The Morgan fingerprint density at radius 2 is 2.00 bits per heavy atom. The number of allylic oxidation sites excluding steroid dienone is 1. The summed E-state index contributed by atoms with van der Waals surface area (Å²) < 4.78 is 26.6. The summed E-state index contributed by atoms with van der Waals surface area (Å²) in [6.07, 6.45) is 5.15. The van der Waals surface area contributed by atoms with Gasteiger partial charge in [0.1, 0.15) is 0 Å². The van der Waals surface area contributed by atoms with Gasteiger partial charge in [0.2, 0.25) is 0 Å². The molecule has 0 spiro atoms. The van der Waals surface area contributed by atoms with Crippen molar-refractivity contribution >= 4 is 5.57 Å². The van der Waals surface area contributed by atoms with Gasteiger partial charge in [0.25, 0.3) is 0 Å². The van der Waals surface area contributed by atoms with Crippen molar-refractivity contribution in [2.24, 2.45) is 5.92 Å². The molecular formula is C13H12F2. The Hall–Kier alpha value is -1.62. The lowest BCUT2D eigenvalue weighted by Crippen LogP contribution is -1.99. The van der Waals surface area contributed by atoms with Gasteiger partial charge in [0, 0.05) is 11.1 Å². The van der Waals surface area contributed by atoms with Crippen LogP contribution in [-0.4, -0.2) is 0 Å². The van der Waals surface area contributed by atoms with Crippen LogP contribution in [0.5, 0.6) is 0 Å². The van der Waals surface area contributed by atoms with Gasteiger partial charge in [-0.1, -0.05) is 26.3 Å². The summed E-state index contributed by atoms with van der Waals surface area (Å²) in [5.41, 5.74) is 1.03. The Balaban J connectivity index is 3.36. The maximum absolute atomic E-state index is 13.4. The molecule has 0 amide bonds. The summed E-state index contributed by atoms with van der Waals surface area (Å²) in [5, 5.41) is 0. The van der Waals surface area contributed by atoms with Crippen LogP contribution >= 0.6 is 0 Å². The zero-order valence-electron chi connectivity index (χ0n) is 8.77. The molecule has 1 aromatic rings. The van der Waals surface area contributed by atoms with Crippen LogP contribution in [0.4, 0.5) is 8.78 Å². The number of terminal acetylenes is 1. The van der Waals surface area contributed by atoms with E-state index in [1.165, 1.54) is 6.07 Å². The molecule has 0 unspecified atom stereocenters. The molecule has 15 heavy (non-hydrogen) atoms. The minimum absolute atomic E-state index is 0.0481. The third-order valence-electron chi connectivity index (χ3n) is 2.24. The summed E-state index contributed by atoms with van der Waals surface area (Å²) in [7, 11) is 0. The highest BCUT2D eigenvalue weighted by Crippen LogP contribution is 2.26. The topological polar surface area (TPSA) is 0 Å². The molecule has 0 atom stereocenters. The summed E-state index contributed by atoms with van der Waals surface area (Å²) in [6.45, 7) is 7.45. The summed E-state index contributed by atoms with van der Waals surface area (Å²) in [4.78, 5) is 0. The second-order valence-corrected chi connectivity index (χ2v) is 3.64. The van der Waals surface area contributed by atoms with Crippen LogP contribution in [0.3, 0.4) is 0 Å². The van der Waals surface area contributed by atoms with Crippen molar-refractivity contribution in [3.63, 3.8) is 0 Å². The molecule has 0 aliphatic carbocycles. The van der Waals surface area contributed by atoms with E-state index in [-0.39, 0.29) is 11.5 Å². The molecule has 0 aliphatic rings. The van der Waals surface area contributed by atoms with Crippen molar-refractivity contribution in [2.45, 2.75) is 13.8 Å². The Labute approximate surface area is 88.6 Å². The first kappa shape index (κ1) is 11.5. The van der Waals surface area contributed by atoms with Gasteiger partial charge >= 0.3 is 0 Å². The van der Waals surface area contributed by atoms with Crippen LogP contribution in [0, 0.1) is 29.9 Å². The molecule has 0 radical (unpaired) electrons. The van der Waals surface area contributed by atoms with E-state index in [2.05, 4.69) is 12.5 Å². The van der Waals surface area contributed by atoms with Crippen LogP contribution in [0.1, 0.15) is 25.0 Å². The van der Waals surface area contributed by atoms with Gasteiger partial charge in [-0.2, -0.15) is 0 Å². The van der Waals surface area contributed by atoms with Gasteiger partial charge in [-0.25, -0.2) is 8.78 Å². The fraction of sp³-hybridized carbons (Fsp3) is 0.231. The highest BCUT2D eigenvalue weighted by molar-refractivity contribution is 5.66. The molecule has 0 nitrogen and oxygen atoms in total. The fourth-order valence-corrected chi connectivity index (χ4v) is 1.22. The van der Waals surface area contributed by atoms with Crippen LogP contribution in [0.25, 0.3) is 5.57 Å². The minimum atomic E-state index is -0.928. The molecular weight excluding hydrogens is 194 g/mol. The smallest absolute Gasteiger partial charge is 0.166 e. The molecule has 0 bridgehead atoms. The number of benzene rings is 1. The van der Waals surface area contributed by atoms with Crippen LogP contribution in [-0.2, 0) is 0 Å². The summed E-state index contributed by atoms with van der Waals surface area (Å²) in [5.74, 6) is 0.519. The molecule has 0 aromatic heterocycles. The number of hydrogen-bond acceptors (Lipinski definition) is 0. The Bertz CT molecular complexity index is 437. The van der Waals surface area contributed by atoms with Crippen LogP contribution < -0.4 is 0 Å². The van der Waals surface area contributed by atoms with E-state index in [0.717, 1.165) is 6.07 Å². The molecule has 0 heterocycles. The van der Waals surface area contributed by atoms with E-state index < -0.39 is 11.6 Å². The molecule has 78 valence electrons. The Morgan fingerprint density at radius 3 is 2.47 bits per heavy atom. The van der Waals surface area contributed by atoms with Gasteiger partial charge in [-0.3, -0.25) is 0 Å². The highest BCUT2D eigenvalue weighted by atomic mass is 19.2. The van der Waals surface area contributed by atoms with E-state index >= 15 is 0 Å². The lowest BCUT2D eigenvalue weighted by molar-refractivity contribution is 0.505. The first-order valence-corrected chi connectivity index (χ1v) is 4.62. The summed E-state index contributed by atoms with van der Waals surface area (Å²) in [6, 6.07) is 2.45. The molecule has 1 rings (SSSR count). The molecule has 1 aromatic carbocycles. The number of halogens is 2. The molecule has 0 saturated heterocycles. The minimum Gasteiger partial charge on any atom is -0.204 e. The molecule has 0 saturated carbocycles. The lowest BCUT2D eigenvalue weighted by atomic mass is 9.95. The van der Waals surface area contributed by atoms with E-state index in [1.54, 1.807) is 0 Å². The van der Waals surface area contributed by atoms with Gasteiger partial charge in [0.05, 0.1) is 0 Å². The zero-order chi connectivity index (χ0) is 11.6. The van der Waals surface area contributed by atoms with Gasteiger partial charge in [-0.05, 0) is 23.6 Å². The normalized spacial score (nSPS) is 10.1. The van der Waals surface area contributed by atoms with Crippen molar-refractivity contribution < 1.29 is 8.78 Å². The second kappa shape index (κ2) is 4.27. The maximum atomic E-state index is 13.4. The van der Waals surface area contributed by atoms with Gasteiger partial charge in [-0.15, -0.1) is 6.42 Å². The van der Waals surface area contributed by atoms with Crippen molar-refractivity contribution in [2.75, 3.05) is 0 Å². The average molecular weight is 206 g/mol. The lowest BCUT2D eigenvalue weighted by Gasteiger charge is -2.11. The predicted octanol–water partition coefficient (Wildman–Crippen LogP) is 3.62. The van der Waals surface area contributed by atoms with E-state index in [4.69, 9.17) is 6.42 Å². The monoisotopic (exact) mass is 206 g/mol. The predicted molar refractivity (Wildman–Crippen MR) is 58.2 cm³/mol. The molecule has 2 heteroatoms. The number of hydrogen-bond donors (Lipinski definition) is 0.